The van der Waals surface area contributed by atoms with E-state index in [4.69, 9.17) is 16.3 Å². The van der Waals surface area contributed by atoms with E-state index in [1.54, 1.807) is 9.42 Å². The lowest BCUT2D eigenvalue weighted by Gasteiger charge is -2.33. The van der Waals surface area contributed by atoms with Crippen LogP contribution in [0.3, 0.4) is 0 Å². The fourth-order valence-electron chi connectivity index (χ4n) is 3.01. The molecule has 4 rings (SSSR count). The molecule has 9 heteroatoms. The summed E-state index contributed by atoms with van der Waals surface area (Å²) in [7, 11) is 0. The van der Waals surface area contributed by atoms with Crippen molar-refractivity contribution in [3.05, 3.63) is 58.4 Å². The summed E-state index contributed by atoms with van der Waals surface area (Å²) < 4.78 is 20.8. The minimum absolute atomic E-state index is 0.0743. The molecule has 7 nitrogen and oxygen atoms in total. The standard InChI is InChI=1S/C17H15ClFN5O2/c1-10-6-14(24-17(22-10)20-9-21-24)15-8-23(4-5-26-15)16(25)11-2-3-13(19)12(18)7-11/h2-3,6-7,9,15H,4-5,8H2,1H3. The Morgan fingerprint density at radius 2 is 2.23 bits per heavy atom. The fourth-order valence-corrected chi connectivity index (χ4v) is 3.19. The number of benzene rings is 1. The van der Waals surface area contributed by atoms with Gasteiger partial charge in [-0.25, -0.2) is 9.37 Å². The van der Waals surface area contributed by atoms with E-state index in [0.717, 1.165) is 11.4 Å². The van der Waals surface area contributed by atoms with E-state index in [1.165, 1.54) is 24.5 Å². The van der Waals surface area contributed by atoms with Crippen LogP contribution in [-0.4, -0.2) is 50.1 Å². The number of aryl methyl sites for hydroxylation is 1. The van der Waals surface area contributed by atoms with Gasteiger partial charge >= 0.3 is 0 Å². The molecule has 0 saturated carbocycles. The van der Waals surface area contributed by atoms with Gasteiger partial charge in [-0.05, 0) is 31.2 Å². The summed E-state index contributed by atoms with van der Waals surface area (Å²) in [5.41, 5.74) is 1.91. The van der Waals surface area contributed by atoms with Crippen LogP contribution in [0.5, 0.6) is 0 Å². The second-order valence-corrected chi connectivity index (χ2v) is 6.44. The van der Waals surface area contributed by atoms with Crippen LogP contribution < -0.4 is 0 Å². The van der Waals surface area contributed by atoms with Crippen molar-refractivity contribution in [2.75, 3.05) is 19.7 Å². The molecule has 0 N–H and O–H groups in total. The molecule has 1 unspecified atom stereocenters. The zero-order valence-corrected chi connectivity index (χ0v) is 14.6. The molecule has 1 aliphatic heterocycles. The van der Waals surface area contributed by atoms with Crippen LogP contribution in [0.2, 0.25) is 5.02 Å². The van der Waals surface area contributed by atoms with Crippen molar-refractivity contribution in [2.24, 2.45) is 0 Å². The van der Waals surface area contributed by atoms with Crippen molar-refractivity contribution in [1.29, 1.82) is 0 Å². The number of halogens is 2. The lowest BCUT2D eigenvalue weighted by Crippen LogP contribution is -2.42. The molecule has 3 heterocycles. The van der Waals surface area contributed by atoms with Crippen molar-refractivity contribution >= 4 is 23.3 Å². The zero-order chi connectivity index (χ0) is 18.3. The third-order valence-electron chi connectivity index (χ3n) is 4.26. The lowest BCUT2D eigenvalue weighted by molar-refractivity contribution is -0.0257. The van der Waals surface area contributed by atoms with Gasteiger partial charge in [0.05, 0.1) is 23.9 Å². The molecular weight excluding hydrogens is 361 g/mol. The Morgan fingerprint density at radius 3 is 3.04 bits per heavy atom. The summed E-state index contributed by atoms with van der Waals surface area (Å²) >= 11 is 5.80. The van der Waals surface area contributed by atoms with Gasteiger partial charge in [-0.3, -0.25) is 4.79 Å². The molecule has 0 spiro atoms. The number of carbonyl (C=O) groups is 1. The van der Waals surface area contributed by atoms with E-state index in [-0.39, 0.29) is 17.0 Å². The third-order valence-corrected chi connectivity index (χ3v) is 4.55. The van der Waals surface area contributed by atoms with Crippen LogP contribution in [-0.2, 0) is 4.74 Å². The number of aromatic nitrogens is 4. The normalized spacial score (nSPS) is 17.7. The first kappa shape index (κ1) is 16.9. The van der Waals surface area contributed by atoms with Crippen molar-refractivity contribution in [3.63, 3.8) is 0 Å². The van der Waals surface area contributed by atoms with Crippen LogP contribution in [0.4, 0.5) is 4.39 Å². The first-order valence-electron chi connectivity index (χ1n) is 8.06. The predicted octanol–water partition coefficient (Wildman–Crippen LogP) is 2.44. The van der Waals surface area contributed by atoms with Gasteiger partial charge in [0.1, 0.15) is 18.2 Å². The van der Waals surface area contributed by atoms with Gasteiger partial charge in [0.2, 0.25) is 0 Å². The quantitative estimate of drug-likeness (QED) is 0.688. The Balaban J connectivity index is 1.62. The molecular formula is C17H15ClFN5O2. The maximum absolute atomic E-state index is 13.3. The number of hydrogen-bond donors (Lipinski definition) is 0. The Bertz CT molecular complexity index is 992. The number of morpholine rings is 1. The number of nitrogens with zero attached hydrogens (tertiary/aromatic N) is 5. The molecule has 1 saturated heterocycles. The van der Waals surface area contributed by atoms with E-state index >= 15 is 0 Å². The van der Waals surface area contributed by atoms with Crippen molar-refractivity contribution in [3.8, 4) is 0 Å². The lowest BCUT2D eigenvalue weighted by atomic mass is 10.1. The zero-order valence-electron chi connectivity index (χ0n) is 13.9. The van der Waals surface area contributed by atoms with Crippen LogP contribution in [0.25, 0.3) is 5.78 Å². The van der Waals surface area contributed by atoms with Crippen molar-refractivity contribution in [2.45, 2.75) is 13.0 Å². The predicted molar refractivity (Wildman–Crippen MR) is 91.5 cm³/mol. The van der Waals surface area contributed by atoms with Gasteiger partial charge in [-0.1, -0.05) is 11.6 Å². The SMILES string of the molecule is Cc1cc(C2CN(C(=O)c3ccc(F)c(Cl)c3)CCO2)n2ncnc2n1. The van der Waals surface area contributed by atoms with Gasteiger partial charge in [-0.2, -0.15) is 14.6 Å². The van der Waals surface area contributed by atoms with E-state index in [0.29, 0.717) is 31.0 Å². The van der Waals surface area contributed by atoms with Crippen LogP contribution >= 0.6 is 11.6 Å². The van der Waals surface area contributed by atoms with Crippen molar-refractivity contribution in [1.82, 2.24) is 24.5 Å². The number of fused-ring (bicyclic) bond motifs is 1. The van der Waals surface area contributed by atoms with E-state index in [2.05, 4.69) is 15.1 Å². The summed E-state index contributed by atoms with van der Waals surface area (Å²) in [5, 5.41) is 4.11. The molecule has 1 aliphatic rings. The summed E-state index contributed by atoms with van der Waals surface area (Å²) in [6.45, 7) is 3.02. The number of rotatable bonds is 2. The highest BCUT2D eigenvalue weighted by molar-refractivity contribution is 6.31. The van der Waals surface area contributed by atoms with Crippen LogP contribution in [0.1, 0.15) is 27.8 Å². The first-order chi connectivity index (χ1) is 12.5. The van der Waals surface area contributed by atoms with Gasteiger partial charge in [-0.15, -0.1) is 0 Å². The summed E-state index contributed by atoms with van der Waals surface area (Å²) in [6.07, 6.45) is 1.06. The Kier molecular flexibility index (Phi) is 4.29. The molecule has 0 radical (unpaired) electrons. The maximum atomic E-state index is 13.3. The van der Waals surface area contributed by atoms with E-state index in [1.807, 2.05) is 13.0 Å². The Morgan fingerprint density at radius 1 is 1.38 bits per heavy atom. The third kappa shape index (κ3) is 3.02. The monoisotopic (exact) mass is 375 g/mol. The van der Waals surface area contributed by atoms with Gasteiger partial charge < -0.3 is 9.64 Å². The second-order valence-electron chi connectivity index (χ2n) is 6.03. The fraction of sp³-hybridized carbons (Fsp3) is 0.294. The highest BCUT2D eigenvalue weighted by Gasteiger charge is 2.28. The van der Waals surface area contributed by atoms with E-state index in [9.17, 15) is 9.18 Å². The van der Waals surface area contributed by atoms with E-state index < -0.39 is 5.82 Å². The molecule has 1 aromatic carbocycles. The molecule has 26 heavy (non-hydrogen) atoms. The largest absolute Gasteiger partial charge is 0.368 e. The Labute approximate surface area is 153 Å². The van der Waals surface area contributed by atoms with Gasteiger partial charge in [0, 0.05) is 17.8 Å². The summed E-state index contributed by atoms with van der Waals surface area (Å²) in [6, 6.07) is 5.84. The molecule has 1 atom stereocenters. The molecule has 2 aromatic heterocycles. The van der Waals surface area contributed by atoms with Gasteiger partial charge in [0.15, 0.2) is 0 Å². The molecule has 0 aliphatic carbocycles. The maximum Gasteiger partial charge on any atom is 0.254 e. The smallest absolute Gasteiger partial charge is 0.254 e. The highest BCUT2D eigenvalue weighted by Crippen LogP contribution is 2.25. The molecule has 0 bridgehead atoms. The minimum atomic E-state index is -0.552. The second kappa shape index (κ2) is 6.62. The number of hydrogen-bond acceptors (Lipinski definition) is 5. The number of amides is 1. The summed E-state index contributed by atoms with van der Waals surface area (Å²) in [4.78, 5) is 22.8. The Hall–Kier alpha value is -2.58. The first-order valence-corrected chi connectivity index (χ1v) is 8.44. The van der Waals surface area contributed by atoms with Gasteiger partial charge in [0.25, 0.3) is 11.7 Å². The molecule has 134 valence electrons. The number of ether oxygens (including phenoxy) is 1. The molecule has 3 aromatic rings. The molecule has 1 fully saturated rings. The van der Waals surface area contributed by atoms with Crippen LogP contribution in [0.15, 0.2) is 30.6 Å². The van der Waals surface area contributed by atoms with Crippen LogP contribution in [0, 0.1) is 12.7 Å². The topological polar surface area (TPSA) is 72.6 Å². The van der Waals surface area contributed by atoms with Crippen molar-refractivity contribution < 1.29 is 13.9 Å². The summed E-state index contributed by atoms with van der Waals surface area (Å²) in [5.74, 6) is -0.290. The highest BCUT2D eigenvalue weighted by atomic mass is 35.5. The average Bonchev–Trinajstić information content (AvgIpc) is 3.11. The number of carbonyl (C=O) groups excluding carboxylic acids is 1. The average molecular weight is 376 g/mol. The molecule has 1 amide bonds. The minimum Gasteiger partial charge on any atom is -0.368 e.